The first-order chi connectivity index (χ1) is 11.5. The van der Waals surface area contributed by atoms with Crippen LogP contribution in [0.15, 0.2) is 47.7 Å². The van der Waals surface area contributed by atoms with Gasteiger partial charge in [0.2, 0.25) is 5.91 Å². The molecule has 6 heteroatoms. The van der Waals surface area contributed by atoms with Gasteiger partial charge in [-0.2, -0.15) is 0 Å². The van der Waals surface area contributed by atoms with Gasteiger partial charge in [-0.15, -0.1) is 0 Å². The number of nitrogens with one attached hydrogen (secondary N) is 1. The van der Waals surface area contributed by atoms with E-state index in [2.05, 4.69) is 24.1 Å². The molecule has 0 aliphatic rings. The third-order valence-electron chi connectivity index (χ3n) is 4.02. The number of hydrogen-bond donors (Lipinski definition) is 1. The van der Waals surface area contributed by atoms with Crippen molar-refractivity contribution in [3.63, 3.8) is 0 Å². The number of benzene rings is 1. The van der Waals surface area contributed by atoms with Gasteiger partial charge >= 0.3 is 0 Å². The van der Waals surface area contributed by atoms with Gasteiger partial charge in [0.1, 0.15) is 12.1 Å². The zero-order valence-electron chi connectivity index (χ0n) is 14.0. The lowest BCUT2D eigenvalue weighted by atomic mass is 10.0. The van der Waals surface area contributed by atoms with Crippen molar-refractivity contribution < 1.29 is 4.79 Å². The smallest absolute Gasteiger partial charge is 0.276 e. The summed E-state index contributed by atoms with van der Waals surface area (Å²) in [6, 6.07) is 9.54. The van der Waals surface area contributed by atoms with Crippen molar-refractivity contribution in [1.29, 1.82) is 0 Å². The number of imidazole rings is 1. The molecule has 3 rings (SSSR count). The van der Waals surface area contributed by atoms with Crippen LogP contribution in [0, 0.1) is 0 Å². The van der Waals surface area contributed by atoms with E-state index in [-0.39, 0.29) is 18.0 Å². The fourth-order valence-electron chi connectivity index (χ4n) is 2.60. The van der Waals surface area contributed by atoms with Crippen LogP contribution in [0.2, 0.25) is 0 Å². The molecule has 24 heavy (non-hydrogen) atoms. The van der Waals surface area contributed by atoms with Crippen LogP contribution < -0.4 is 10.9 Å². The molecule has 0 unspecified atom stereocenters. The van der Waals surface area contributed by atoms with Crippen molar-refractivity contribution >= 4 is 22.6 Å². The van der Waals surface area contributed by atoms with Gasteiger partial charge in [0.05, 0.1) is 11.8 Å². The minimum atomic E-state index is -0.197. The number of hydrogen-bond acceptors (Lipinski definition) is 3. The Balaban J connectivity index is 1.78. The molecule has 0 saturated carbocycles. The molecule has 2 aromatic heterocycles. The second-order valence-corrected chi connectivity index (χ2v) is 6.16. The predicted octanol–water partition coefficient (Wildman–Crippen LogP) is 2.50. The molecule has 124 valence electrons. The van der Waals surface area contributed by atoms with E-state index in [0.717, 1.165) is 5.69 Å². The average Bonchev–Trinajstić information content (AvgIpc) is 2.95. The van der Waals surface area contributed by atoms with E-state index in [1.807, 2.05) is 24.3 Å². The van der Waals surface area contributed by atoms with Gasteiger partial charge in [0, 0.05) is 18.9 Å². The van der Waals surface area contributed by atoms with Crippen molar-refractivity contribution in [3.05, 3.63) is 58.8 Å². The van der Waals surface area contributed by atoms with E-state index < -0.39 is 0 Å². The number of rotatable bonds is 4. The van der Waals surface area contributed by atoms with Gasteiger partial charge in [-0.3, -0.25) is 9.59 Å². The Morgan fingerprint density at radius 2 is 1.92 bits per heavy atom. The molecule has 0 spiro atoms. The Morgan fingerprint density at radius 3 is 2.58 bits per heavy atom. The largest absolute Gasteiger partial charge is 0.325 e. The Kier molecular flexibility index (Phi) is 4.20. The molecular formula is C18H20N4O2. The summed E-state index contributed by atoms with van der Waals surface area (Å²) in [5.74, 6) is 0.251. The molecule has 1 N–H and O–H groups in total. The molecule has 2 heterocycles. The summed E-state index contributed by atoms with van der Waals surface area (Å²) in [6.45, 7) is 4.29. The van der Waals surface area contributed by atoms with Crippen LogP contribution in [0.25, 0.3) is 11.0 Å². The molecule has 0 atom stereocenters. The highest BCUT2D eigenvalue weighted by atomic mass is 16.2. The summed E-state index contributed by atoms with van der Waals surface area (Å²) >= 11 is 0. The quantitative estimate of drug-likeness (QED) is 0.801. The Morgan fingerprint density at radius 1 is 1.21 bits per heavy atom. The van der Waals surface area contributed by atoms with Gasteiger partial charge in [0.15, 0.2) is 0 Å². The number of carbonyl (C=O) groups excluding carboxylic acids is 1. The Labute approximate surface area is 139 Å². The van der Waals surface area contributed by atoms with E-state index in [4.69, 9.17) is 0 Å². The highest BCUT2D eigenvalue weighted by molar-refractivity contribution is 5.91. The number of aromatic nitrogens is 3. The second kappa shape index (κ2) is 6.31. The molecule has 1 amide bonds. The minimum Gasteiger partial charge on any atom is -0.325 e. The van der Waals surface area contributed by atoms with Crippen molar-refractivity contribution in [3.8, 4) is 0 Å². The number of nitrogens with zero attached hydrogens (tertiary/aromatic N) is 3. The highest BCUT2D eigenvalue weighted by Crippen LogP contribution is 2.17. The van der Waals surface area contributed by atoms with E-state index in [1.165, 1.54) is 16.5 Å². The molecular weight excluding hydrogens is 304 g/mol. The van der Waals surface area contributed by atoms with Crippen LogP contribution in [0.4, 0.5) is 5.69 Å². The van der Waals surface area contributed by atoms with Crippen molar-refractivity contribution in [2.45, 2.75) is 26.3 Å². The lowest BCUT2D eigenvalue weighted by molar-refractivity contribution is -0.116. The number of anilines is 1. The Bertz CT molecular complexity index is 936. The van der Waals surface area contributed by atoms with Gasteiger partial charge in [-0.25, -0.2) is 4.98 Å². The van der Waals surface area contributed by atoms with Gasteiger partial charge in [-0.05, 0) is 29.7 Å². The first-order valence-corrected chi connectivity index (χ1v) is 7.86. The van der Waals surface area contributed by atoms with Crippen LogP contribution >= 0.6 is 0 Å². The molecule has 0 bridgehead atoms. The van der Waals surface area contributed by atoms with Crippen molar-refractivity contribution in [2.75, 3.05) is 5.32 Å². The van der Waals surface area contributed by atoms with Gasteiger partial charge in [0.25, 0.3) is 5.56 Å². The summed E-state index contributed by atoms with van der Waals surface area (Å²) in [6.07, 6.45) is 3.19. The molecule has 3 aromatic rings. The predicted molar refractivity (Wildman–Crippen MR) is 94.1 cm³/mol. The number of carbonyl (C=O) groups is 1. The summed E-state index contributed by atoms with van der Waals surface area (Å²) < 4.78 is 3.05. The maximum absolute atomic E-state index is 12.3. The molecule has 1 aromatic carbocycles. The standard InChI is InChI=1S/C18H20N4O2/c1-12(2)13-4-6-14(7-5-13)20-16(23)10-22-11-19-15-8-9-21(3)18(24)17(15)22/h4-9,11-12H,10H2,1-3H3,(H,20,23). The molecule has 0 radical (unpaired) electrons. The average molecular weight is 324 g/mol. The number of pyridine rings is 1. The normalized spacial score (nSPS) is 11.2. The Hall–Kier alpha value is -2.89. The van der Waals surface area contributed by atoms with Crippen LogP contribution in [-0.2, 0) is 18.4 Å². The monoisotopic (exact) mass is 324 g/mol. The zero-order chi connectivity index (χ0) is 17.3. The first-order valence-electron chi connectivity index (χ1n) is 7.86. The lowest BCUT2D eigenvalue weighted by Gasteiger charge is -2.09. The van der Waals surface area contributed by atoms with E-state index >= 15 is 0 Å². The minimum absolute atomic E-state index is 0.0433. The van der Waals surface area contributed by atoms with Crippen molar-refractivity contribution in [2.24, 2.45) is 7.05 Å². The van der Waals surface area contributed by atoms with Crippen LogP contribution in [0.5, 0.6) is 0 Å². The highest BCUT2D eigenvalue weighted by Gasteiger charge is 2.11. The second-order valence-electron chi connectivity index (χ2n) is 6.16. The lowest BCUT2D eigenvalue weighted by Crippen LogP contribution is -2.22. The third kappa shape index (κ3) is 3.08. The SMILES string of the molecule is CC(C)c1ccc(NC(=O)Cn2cnc3ccn(C)c(=O)c32)cc1. The van der Waals surface area contributed by atoms with Crippen LogP contribution in [0.3, 0.4) is 0 Å². The third-order valence-corrected chi connectivity index (χ3v) is 4.02. The molecule has 0 fully saturated rings. The van der Waals surface area contributed by atoms with E-state index in [0.29, 0.717) is 17.0 Å². The number of amides is 1. The zero-order valence-corrected chi connectivity index (χ0v) is 14.0. The molecule has 6 nitrogen and oxygen atoms in total. The molecule has 0 saturated heterocycles. The molecule has 0 aliphatic carbocycles. The van der Waals surface area contributed by atoms with Crippen molar-refractivity contribution in [1.82, 2.24) is 14.1 Å². The van der Waals surface area contributed by atoms with Gasteiger partial charge in [-0.1, -0.05) is 26.0 Å². The summed E-state index contributed by atoms with van der Waals surface area (Å²) in [7, 11) is 1.68. The number of fused-ring (bicyclic) bond motifs is 1. The maximum Gasteiger partial charge on any atom is 0.276 e. The maximum atomic E-state index is 12.3. The fourth-order valence-corrected chi connectivity index (χ4v) is 2.60. The van der Waals surface area contributed by atoms with Crippen LogP contribution in [0.1, 0.15) is 25.3 Å². The van der Waals surface area contributed by atoms with E-state index in [1.54, 1.807) is 23.9 Å². The van der Waals surface area contributed by atoms with Crippen LogP contribution in [-0.4, -0.2) is 20.0 Å². The summed E-state index contributed by atoms with van der Waals surface area (Å²) in [5, 5.41) is 2.85. The number of aryl methyl sites for hydroxylation is 1. The van der Waals surface area contributed by atoms with Gasteiger partial charge < -0.3 is 14.5 Å². The topological polar surface area (TPSA) is 68.9 Å². The first kappa shape index (κ1) is 16.0. The summed E-state index contributed by atoms with van der Waals surface area (Å²) in [5.41, 5.74) is 2.82. The summed E-state index contributed by atoms with van der Waals surface area (Å²) in [4.78, 5) is 28.7. The molecule has 0 aliphatic heterocycles. The fraction of sp³-hybridized carbons (Fsp3) is 0.278. The van der Waals surface area contributed by atoms with E-state index in [9.17, 15) is 9.59 Å².